The number of allylic oxidation sites excluding steroid dienone is 2. The van der Waals surface area contributed by atoms with Gasteiger partial charge in [0.1, 0.15) is 0 Å². The molecule has 25 heavy (non-hydrogen) atoms. The summed E-state index contributed by atoms with van der Waals surface area (Å²) in [6.45, 7) is 6.17. The fraction of sp³-hybridized carbons (Fsp3) is 0.783. The summed E-state index contributed by atoms with van der Waals surface area (Å²) < 4.78 is 4.94. The van der Waals surface area contributed by atoms with Gasteiger partial charge in [-0.1, -0.05) is 96.3 Å². The second-order valence-corrected chi connectivity index (χ2v) is 7.02. The molecule has 0 aromatic rings. The van der Waals surface area contributed by atoms with E-state index in [2.05, 4.69) is 25.7 Å². The van der Waals surface area contributed by atoms with Crippen LogP contribution in [0.1, 0.15) is 110 Å². The minimum atomic E-state index is -0.317. The molecular weight excluding hydrogens is 308 g/mol. The molecule has 0 amide bonds. The van der Waals surface area contributed by atoms with Gasteiger partial charge in [-0.2, -0.15) is 0 Å². The van der Waals surface area contributed by atoms with E-state index in [1.54, 1.807) is 0 Å². The molecule has 0 unspecified atom stereocenters. The van der Waals surface area contributed by atoms with Crippen LogP contribution in [0.4, 0.5) is 0 Å². The van der Waals surface area contributed by atoms with E-state index in [9.17, 15) is 4.79 Å². The van der Waals surface area contributed by atoms with Crippen molar-refractivity contribution in [3.63, 3.8) is 0 Å². The molecule has 0 saturated carbocycles. The second-order valence-electron chi connectivity index (χ2n) is 7.02. The summed E-state index contributed by atoms with van der Waals surface area (Å²) >= 11 is 0. The number of esters is 1. The van der Waals surface area contributed by atoms with Gasteiger partial charge in [0, 0.05) is 6.08 Å². The molecule has 2 nitrogen and oxygen atoms in total. The highest BCUT2D eigenvalue weighted by atomic mass is 16.5. The minimum absolute atomic E-state index is 0.317. The van der Waals surface area contributed by atoms with E-state index in [1.807, 2.05) is 0 Å². The Morgan fingerprint density at radius 2 is 1.16 bits per heavy atom. The maximum Gasteiger partial charge on any atom is 0.330 e. The van der Waals surface area contributed by atoms with Crippen molar-refractivity contribution < 1.29 is 9.53 Å². The monoisotopic (exact) mass is 350 g/mol. The van der Waals surface area contributed by atoms with E-state index in [4.69, 9.17) is 4.74 Å². The van der Waals surface area contributed by atoms with E-state index in [1.165, 1.54) is 89.5 Å². The van der Waals surface area contributed by atoms with Crippen LogP contribution in [0, 0.1) is 0 Å². The molecule has 0 bridgehead atoms. The molecule has 0 atom stereocenters. The van der Waals surface area contributed by atoms with E-state index >= 15 is 0 Å². The first kappa shape index (κ1) is 23.9. The van der Waals surface area contributed by atoms with Gasteiger partial charge in [0.15, 0.2) is 0 Å². The van der Waals surface area contributed by atoms with Crippen molar-refractivity contribution in [3.8, 4) is 0 Å². The Hall–Kier alpha value is -1.05. The van der Waals surface area contributed by atoms with Crippen LogP contribution < -0.4 is 0 Å². The predicted molar refractivity (Wildman–Crippen MR) is 110 cm³/mol. The van der Waals surface area contributed by atoms with Crippen molar-refractivity contribution in [2.45, 2.75) is 110 Å². The third-order valence-electron chi connectivity index (χ3n) is 4.57. The van der Waals surface area contributed by atoms with Crippen molar-refractivity contribution in [1.29, 1.82) is 0 Å². The van der Waals surface area contributed by atoms with Gasteiger partial charge in [-0.3, -0.25) is 0 Å². The van der Waals surface area contributed by atoms with Crippen molar-refractivity contribution in [2.24, 2.45) is 0 Å². The van der Waals surface area contributed by atoms with Crippen molar-refractivity contribution in [2.75, 3.05) is 6.61 Å². The Labute approximate surface area is 157 Å². The average molecular weight is 351 g/mol. The molecule has 0 aromatic heterocycles. The summed E-state index contributed by atoms with van der Waals surface area (Å²) in [6, 6.07) is 0. The van der Waals surface area contributed by atoms with E-state index in [0.29, 0.717) is 6.61 Å². The molecule has 0 saturated heterocycles. The number of ether oxygens (including phenoxy) is 1. The average Bonchev–Trinajstić information content (AvgIpc) is 2.63. The zero-order valence-corrected chi connectivity index (χ0v) is 16.8. The van der Waals surface area contributed by atoms with Gasteiger partial charge in [0.05, 0.1) is 6.61 Å². The molecule has 0 heterocycles. The summed E-state index contributed by atoms with van der Waals surface area (Å²) in [4.78, 5) is 10.8. The Bertz CT molecular complexity index is 320. The lowest BCUT2D eigenvalue weighted by molar-refractivity contribution is -0.137. The zero-order chi connectivity index (χ0) is 18.4. The normalized spacial score (nSPS) is 11.1. The fourth-order valence-electron chi connectivity index (χ4n) is 2.93. The van der Waals surface area contributed by atoms with Crippen LogP contribution in [0.3, 0.4) is 0 Å². The molecule has 0 aromatic carbocycles. The quantitative estimate of drug-likeness (QED) is 0.104. The van der Waals surface area contributed by atoms with Crippen LogP contribution >= 0.6 is 0 Å². The molecule has 2 heteroatoms. The molecule has 0 rings (SSSR count). The van der Waals surface area contributed by atoms with Gasteiger partial charge >= 0.3 is 5.97 Å². The standard InChI is InChI=1S/C23H42O2/c1-3-5-6-7-8-9-10-11-12-13-14-15-16-17-18-19-20-21-22-25-23(24)4-2/h4,17-18H,2-3,5-16,19-22H2,1H3/b18-17+. The number of hydrogen-bond acceptors (Lipinski definition) is 2. The summed E-state index contributed by atoms with van der Waals surface area (Å²) in [5.41, 5.74) is 0. The largest absolute Gasteiger partial charge is 0.463 e. The number of carbonyl (C=O) groups excluding carboxylic acids is 1. The molecule has 0 radical (unpaired) electrons. The Morgan fingerprint density at radius 1 is 0.720 bits per heavy atom. The third kappa shape index (κ3) is 20.9. The Balaban J connectivity index is 3.10. The number of rotatable bonds is 19. The molecule has 0 aliphatic heterocycles. The van der Waals surface area contributed by atoms with Gasteiger partial charge < -0.3 is 4.74 Å². The molecule has 0 aliphatic carbocycles. The van der Waals surface area contributed by atoms with E-state index in [-0.39, 0.29) is 5.97 Å². The maximum absolute atomic E-state index is 10.8. The Kier molecular flexibility index (Phi) is 20.1. The first-order valence-electron chi connectivity index (χ1n) is 10.8. The highest BCUT2D eigenvalue weighted by molar-refractivity contribution is 5.81. The van der Waals surface area contributed by atoms with Crippen LogP contribution in [0.25, 0.3) is 0 Å². The van der Waals surface area contributed by atoms with Gasteiger partial charge in [0.2, 0.25) is 0 Å². The zero-order valence-electron chi connectivity index (χ0n) is 16.8. The van der Waals surface area contributed by atoms with E-state index < -0.39 is 0 Å². The van der Waals surface area contributed by atoms with Crippen LogP contribution in [-0.4, -0.2) is 12.6 Å². The lowest BCUT2D eigenvalue weighted by atomic mass is 10.0. The maximum atomic E-state index is 10.8. The number of hydrogen-bond donors (Lipinski definition) is 0. The molecule has 0 N–H and O–H groups in total. The SMILES string of the molecule is C=CC(=O)OCCCC/C=C/CCCCCCCCCCCCCC. The lowest BCUT2D eigenvalue weighted by Crippen LogP contribution is -2.01. The van der Waals surface area contributed by atoms with Gasteiger partial charge in [0.25, 0.3) is 0 Å². The second kappa shape index (κ2) is 21.0. The third-order valence-corrected chi connectivity index (χ3v) is 4.57. The smallest absolute Gasteiger partial charge is 0.330 e. The number of carbonyl (C=O) groups is 1. The van der Waals surface area contributed by atoms with Crippen LogP contribution in [-0.2, 0) is 9.53 Å². The summed E-state index contributed by atoms with van der Waals surface area (Å²) in [5, 5.41) is 0. The Morgan fingerprint density at radius 3 is 1.64 bits per heavy atom. The summed E-state index contributed by atoms with van der Waals surface area (Å²) in [7, 11) is 0. The van der Waals surface area contributed by atoms with Crippen LogP contribution in [0.5, 0.6) is 0 Å². The van der Waals surface area contributed by atoms with Crippen molar-refractivity contribution in [1.82, 2.24) is 0 Å². The fourth-order valence-corrected chi connectivity index (χ4v) is 2.93. The van der Waals surface area contributed by atoms with Crippen molar-refractivity contribution in [3.05, 3.63) is 24.8 Å². The van der Waals surface area contributed by atoms with Crippen LogP contribution in [0.2, 0.25) is 0 Å². The van der Waals surface area contributed by atoms with Gasteiger partial charge in [-0.15, -0.1) is 0 Å². The molecule has 0 aliphatic rings. The first-order valence-corrected chi connectivity index (χ1v) is 10.8. The van der Waals surface area contributed by atoms with Gasteiger partial charge in [-0.25, -0.2) is 4.79 Å². The van der Waals surface area contributed by atoms with Crippen LogP contribution in [0.15, 0.2) is 24.8 Å². The topological polar surface area (TPSA) is 26.3 Å². The number of unbranched alkanes of at least 4 members (excludes halogenated alkanes) is 14. The van der Waals surface area contributed by atoms with E-state index in [0.717, 1.165) is 19.3 Å². The van der Waals surface area contributed by atoms with Gasteiger partial charge in [-0.05, 0) is 32.1 Å². The first-order chi connectivity index (χ1) is 12.3. The lowest BCUT2D eigenvalue weighted by Gasteiger charge is -2.02. The predicted octanol–water partition coefficient (Wildman–Crippen LogP) is 7.53. The molecular formula is C23H42O2. The molecule has 0 fully saturated rings. The molecule has 146 valence electrons. The summed E-state index contributed by atoms with van der Waals surface area (Å²) in [5.74, 6) is -0.317. The highest BCUT2D eigenvalue weighted by Gasteiger charge is 1.94. The minimum Gasteiger partial charge on any atom is -0.463 e. The van der Waals surface area contributed by atoms with Crippen molar-refractivity contribution >= 4 is 5.97 Å². The highest BCUT2D eigenvalue weighted by Crippen LogP contribution is 2.12. The molecule has 0 spiro atoms. The summed E-state index contributed by atoms with van der Waals surface area (Å²) in [6.07, 6.45) is 27.0.